The third kappa shape index (κ3) is 1.58. The Morgan fingerprint density at radius 2 is 2.00 bits per heavy atom. The Morgan fingerprint density at radius 1 is 1.33 bits per heavy atom. The number of halogens is 4. The summed E-state index contributed by atoms with van der Waals surface area (Å²) in [6, 6.07) is 0.351. The molecule has 0 amide bonds. The van der Waals surface area contributed by atoms with Gasteiger partial charge in [-0.2, -0.15) is 18.2 Å². The third-order valence-corrected chi connectivity index (χ3v) is 1.73. The summed E-state index contributed by atoms with van der Waals surface area (Å²) in [6.07, 6.45) is -4.00. The molecular formula is C7H4F4N4. The number of pyridine rings is 1. The zero-order chi connectivity index (χ0) is 11.2. The van der Waals surface area contributed by atoms with E-state index >= 15 is 0 Å². The SMILES string of the molecule is Nc1nc2c(F)cc(C(F)(F)F)cn2n1. The number of alkyl halides is 3. The van der Waals surface area contributed by atoms with Gasteiger partial charge in [-0.25, -0.2) is 8.91 Å². The predicted molar refractivity (Wildman–Crippen MR) is 42.4 cm³/mol. The number of anilines is 1. The van der Waals surface area contributed by atoms with Crippen LogP contribution in [0.25, 0.3) is 5.65 Å². The van der Waals surface area contributed by atoms with Crippen LogP contribution in [0.3, 0.4) is 0 Å². The molecule has 0 unspecified atom stereocenters. The first kappa shape index (κ1) is 9.69. The van der Waals surface area contributed by atoms with Gasteiger partial charge in [0.1, 0.15) is 0 Å². The molecule has 2 heterocycles. The van der Waals surface area contributed by atoms with E-state index in [1.54, 1.807) is 0 Å². The Balaban J connectivity index is 2.72. The van der Waals surface area contributed by atoms with Crippen LogP contribution in [-0.4, -0.2) is 14.6 Å². The molecule has 0 saturated carbocycles. The van der Waals surface area contributed by atoms with Gasteiger partial charge in [-0.05, 0) is 6.07 Å². The van der Waals surface area contributed by atoms with Crippen LogP contribution < -0.4 is 5.73 Å². The monoisotopic (exact) mass is 220 g/mol. The van der Waals surface area contributed by atoms with E-state index in [0.29, 0.717) is 16.8 Å². The van der Waals surface area contributed by atoms with Gasteiger partial charge >= 0.3 is 6.18 Å². The lowest BCUT2D eigenvalue weighted by Crippen LogP contribution is -2.08. The van der Waals surface area contributed by atoms with Crippen molar-refractivity contribution in [1.82, 2.24) is 14.6 Å². The fourth-order valence-electron chi connectivity index (χ4n) is 1.12. The first-order chi connectivity index (χ1) is 6.88. The second-order valence-electron chi connectivity index (χ2n) is 2.81. The summed E-state index contributed by atoms with van der Waals surface area (Å²) in [5, 5.41) is 3.39. The third-order valence-electron chi connectivity index (χ3n) is 1.73. The maximum Gasteiger partial charge on any atom is 0.417 e. The van der Waals surface area contributed by atoms with Crippen molar-refractivity contribution in [3.8, 4) is 0 Å². The fourth-order valence-corrected chi connectivity index (χ4v) is 1.12. The smallest absolute Gasteiger partial charge is 0.366 e. The molecule has 0 fully saturated rings. The van der Waals surface area contributed by atoms with Crippen molar-refractivity contribution in [3.05, 3.63) is 23.6 Å². The molecule has 2 aromatic heterocycles. The highest BCUT2D eigenvalue weighted by Gasteiger charge is 2.32. The number of hydrogen-bond donors (Lipinski definition) is 1. The van der Waals surface area contributed by atoms with E-state index in [2.05, 4.69) is 10.1 Å². The number of aromatic nitrogens is 3. The van der Waals surface area contributed by atoms with Crippen molar-refractivity contribution in [2.75, 3.05) is 5.73 Å². The lowest BCUT2D eigenvalue weighted by atomic mass is 10.3. The first-order valence-corrected chi connectivity index (χ1v) is 3.76. The molecule has 4 nitrogen and oxygen atoms in total. The lowest BCUT2D eigenvalue weighted by Gasteiger charge is -2.06. The number of nitrogens with two attached hydrogens (primary N) is 1. The topological polar surface area (TPSA) is 56.2 Å². The molecule has 0 saturated heterocycles. The van der Waals surface area contributed by atoms with Crippen molar-refractivity contribution >= 4 is 11.6 Å². The summed E-state index contributed by atoms with van der Waals surface area (Å²) < 4.78 is 50.5. The highest BCUT2D eigenvalue weighted by Crippen LogP contribution is 2.29. The van der Waals surface area contributed by atoms with Gasteiger partial charge in [0.15, 0.2) is 11.5 Å². The molecule has 0 aliphatic heterocycles. The van der Waals surface area contributed by atoms with Crippen LogP contribution in [0.15, 0.2) is 12.3 Å². The lowest BCUT2D eigenvalue weighted by molar-refractivity contribution is -0.138. The number of fused-ring (bicyclic) bond motifs is 1. The van der Waals surface area contributed by atoms with E-state index in [9.17, 15) is 17.6 Å². The zero-order valence-corrected chi connectivity index (χ0v) is 7.09. The number of nitrogens with zero attached hydrogens (tertiary/aromatic N) is 3. The molecule has 0 aliphatic carbocycles. The minimum absolute atomic E-state index is 0.284. The van der Waals surface area contributed by atoms with Crippen LogP contribution in [0.4, 0.5) is 23.5 Å². The molecule has 0 radical (unpaired) electrons. The van der Waals surface area contributed by atoms with Gasteiger partial charge in [-0.3, -0.25) is 0 Å². The number of hydrogen-bond acceptors (Lipinski definition) is 3. The van der Waals surface area contributed by atoms with Crippen molar-refractivity contribution < 1.29 is 17.6 Å². The summed E-state index contributed by atoms with van der Waals surface area (Å²) in [5.74, 6) is -1.40. The summed E-state index contributed by atoms with van der Waals surface area (Å²) in [6.45, 7) is 0. The zero-order valence-electron chi connectivity index (χ0n) is 7.09. The van der Waals surface area contributed by atoms with Crippen molar-refractivity contribution in [2.24, 2.45) is 0 Å². The van der Waals surface area contributed by atoms with Gasteiger partial charge in [0.2, 0.25) is 5.95 Å². The van der Waals surface area contributed by atoms with Crippen molar-refractivity contribution in [3.63, 3.8) is 0 Å². The summed E-state index contributed by atoms with van der Waals surface area (Å²) in [7, 11) is 0. The van der Waals surface area contributed by atoms with Gasteiger partial charge in [0.05, 0.1) is 5.56 Å². The highest BCUT2D eigenvalue weighted by molar-refractivity contribution is 5.44. The second-order valence-corrected chi connectivity index (χ2v) is 2.81. The molecule has 0 aliphatic rings. The standard InChI is InChI=1S/C7H4F4N4/c8-4-1-3(7(9,10)11)2-15-5(4)13-6(12)14-15/h1-2H,(H2,12,14). The van der Waals surface area contributed by atoms with Crippen LogP contribution in [-0.2, 0) is 6.18 Å². The normalized spacial score (nSPS) is 12.3. The van der Waals surface area contributed by atoms with Gasteiger partial charge in [0.25, 0.3) is 0 Å². The van der Waals surface area contributed by atoms with Crippen LogP contribution in [0.2, 0.25) is 0 Å². The molecule has 0 bridgehead atoms. The second kappa shape index (κ2) is 2.81. The molecule has 15 heavy (non-hydrogen) atoms. The van der Waals surface area contributed by atoms with E-state index in [0.717, 1.165) is 0 Å². The van der Waals surface area contributed by atoms with Gasteiger partial charge in [-0.1, -0.05) is 0 Å². The molecule has 2 rings (SSSR count). The highest BCUT2D eigenvalue weighted by atomic mass is 19.4. The van der Waals surface area contributed by atoms with Crippen LogP contribution in [0.1, 0.15) is 5.56 Å². The van der Waals surface area contributed by atoms with Crippen LogP contribution >= 0.6 is 0 Å². The Morgan fingerprint density at radius 3 is 2.60 bits per heavy atom. The van der Waals surface area contributed by atoms with Gasteiger partial charge in [0, 0.05) is 6.20 Å². The van der Waals surface area contributed by atoms with Gasteiger partial charge in [-0.15, -0.1) is 5.10 Å². The Bertz CT molecular complexity index is 515. The van der Waals surface area contributed by atoms with E-state index in [1.165, 1.54) is 0 Å². The average molecular weight is 220 g/mol. The van der Waals surface area contributed by atoms with Gasteiger partial charge < -0.3 is 5.73 Å². The molecule has 8 heteroatoms. The quantitative estimate of drug-likeness (QED) is 0.684. The number of nitrogen functional groups attached to an aromatic ring is 1. The molecular weight excluding hydrogens is 216 g/mol. The van der Waals surface area contributed by atoms with Crippen LogP contribution in [0.5, 0.6) is 0 Å². The van der Waals surface area contributed by atoms with E-state index in [4.69, 9.17) is 5.73 Å². The molecule has 80 valence electrons. The van der Waals surface area contributed by atoms with Crippen molar-refractivity contribution in [2.45, 2.75) is 6.18 Å². The Kier molecular flexibility index (Phi) is 1.82. The van der Waals surface area contributed by atoms with Crippen LogP contribution in [0, 0.1) is 5.82 Å². The fraction of sp³-hybridized carbons (Fsp3) is 0.143. The van der Waals surface area contributed by atoms with Crippen molar-refractivity contribution in [1.29, 1.82) is 0 Å². The summed E-state index contributed by atoms with van der Waals surface area (Å²) in [5.41, 5.74) is 3.65. The Labute approximate surface area is 80.3 Å². The minimum Gasteiger partial charge on any atom is -0.366 e. The maximum atomic E-state index is 13.1. The molecule has 0 spiro atoms. The van der Waals surface area contributed by atoms with E-state index < -0.39 is 17.6 Å². The average Bonchev–Trinajstić information content (AvgIpc) is 2.44. The predicted octanol–water partition coefficient (Wildman–Crippen LogP) is 1.47. The maximum absolute atomic E-state index is 13.1. The largest absolute Gasteiger partial charge is 0.417 e. The molecule has 2 N–H and O–H groups in total. The Hall–Kier alpha value is -1.86. The molecule has 0 atom stereocenters. The first-order valence-electron chi connectivity index (χ1n) is 3.76. The summed E-state index contributed by atoms with van der Waals surface area (Å²) in [4.78, 5) is 3.42. The number of rotatable bonds is 0. The van der Waals surface area contributed by atoms with E-state index in [-0.39, 0.29) is 11.6 Å². The molecule has 2 aromatic rings. The summed E-state index contributed by atoms with van der Waals surface area (Å²) >= 11 is 0. The molecule has 0 aromatic carbocycles. The van der Waals surface area contributed by atoms with E-state index in [1.807, 2.05) is 0 Å². The minimum atomic E-state index is -4.63.